The summed E-state index contributed by atoms with van der Waals surface area (Å²) in [6.45, 7) is 4.89. The third-order valence-electron chi connectivity index (χ3n) is 10.8. The first kappa shape index (κ1) is 36.4. The van der Waals surface area contributed by atoms with Gasteiger partial charge in [0.05, 0.1) is 0 Å². The molecule has 2 aliphatic rings. The molecule has 2 saturated heterocycles. The molecule has 8 heteroatoms. The third-order valence-corrected chi connectivity index (χ3v) is 11.3. The van der Waals surface area contributed by atoms with Crippen LogP contribution < -0.4 is 5.32 Å². The van der Waals surface area contributed by atoms with E-state index in [9.17, 15) is 9.59 Å². The Bertz CT molecular complexity index is 1960. The van der Waals surface area contributed by atoms with E-state index in [0.29, 0.717) is 13.1 Å². The molecule has 2 amide bonds. The molecule has 1 aromatic heterocycles. The Hall–Kier alpha value is -4.92. The van der Waals surface area contributed by atoms with E-state index in [1.165, 1.54) is 56.7 Å². The molecule has 3 heterocycles. The lowest BCUT2D eigenvalue weighted by atomic mass is 9.87. The van der Waals surface area contributed by atoms with Gasteiger partial charge in [-0.3, -0.25) is 9.59 Å². The Morgan fingerprint density at radius 1 is 0.755 bits per heavy atom. The van der Waals surface area contributed by atoms with Crippen LogP contribution in [0.2, 0.25) is 0 Å². The first-order chi connectivity index (χ1) is 26.1. The van der Waals surface area contributed by atoms with Crippen molar-refractivity contribution in [3.05, 3.63) is 137 Å². The van der Waals surface area contributed by atoms with Crippen LogP contribution >= 0.6 is 11.5 Å². The minimum absolute atomic E-state index is 0.0712. The topological polar surface area (TPSA) is 78.4 Å². The Morgan fingerprint density at radius 3 is 2.09 bits per heavy atom. The number of amides is 2. The van der Waals surface area contributed by atoms with Crippen molar-refractivity contribution in [2.75, 3.05) is 26.2 Å². The summed E-state index contributed by atoms with van der Waals surface area (Å²) >= 11 is 1.32. The summed E-state index contributed by atoms with van der Waals surface area (Å²) in [6.07, 6.45) is 12.3. The van der Waals surface area contributed by atoms with E-state index >= 15 is 0 Å². The van der Waals surface area contributed by atoms with Crippen molar-refractivity contribution < 1.29 is 9.59 Å². The van der Waals surface area contributed by atoms with Crippen molar-refractivity contribution in [1.82, 2.24) is 24.7 Å². The maximum atomic E-state index is 13.8. The molecule has 7 nitrogen and oxygen atoms in total. The van der Waals surface area contributed by atoms with Gasteiger partial charge < -0.3 is 15.1 Å². The molecule has 4 aromatic carbocycles. The van der Waals surface area contributed by atoms with Crippen LogP contribution in [0.1, 0.15) is 72.0 Å². The Labute approximate surface area is 317 Å². The van der Waals surface area contributed by atoms with Gasteiger partial charge in [0.2, 0.25) is 5.91 Å². The Balaban J connectivity index is 1.01. The average molecular weight is 724 g/mol. The molecule has 272 valence electrons. The molecule has 0 spiro atoms. The zero-order valence-corrected chi connectivity index (χ0v) is 31.2. The number of nitrogens with zero attached hydrogens (tertiary/aromatic N) is 4. The quantitative estimate of drug-likeness (QED) is 0.123. The van der Waals surface area contributed by atoms with Gasteiger partial charge in [-0.05, 0) is 120 Å². The fourth-order valence-electron chi connectivity index (χ4n) is 7.76. The molecule has 2 fully saturated rings. The predicted octanol–water partition coefficient (Wildman–Crippen LogP) is 9.14. The second kappa shape index (κ2) is 18.2. The Kier molecular flexibility index (Phi) is 12.5. The summed E-state index contributed by atoms with van der Waals surface area (Å²) in [5, 5.41) is 9.64. The van der Waals surface area contributed by atoms with Crippen LogP contribution in [0.25, 0.3) is 28.5 Å². The highest BCUT2D eigenvalue weighted by molar-refractivity contribution is 7.03. The van der Waals surface area contributed by atoms with Gasteiger partial charge in [-0.25, -0.2) is 0 Å². The fraction of sp³-hybridized carbons (Fsp3) is 0.333. The van der Waals surface area contributed by atoms with Gasteiger partial charge in [0, 0.05) is 48.8 Å². The highest BCUT2D eigenvalue weighted by atomic mass is 32.1. The number of likely N-dealkylation sites (tertiary alicyclic amines) is 1. The standard InChI is InChI=1S/C45H49N5O2S/c51-44(19-18-34-8-2-1-3-9-34)50(32-38-13-6-16-41(29-38)43-33-53-48-47-43)31-37-12-5-14-39(28-37)40-15-7-17-42(30-40)45(52)49-26-22-36(23-27-49)11-4-10-35-20-24-46-25-21-35/h1-3,5-9,12-19,28-30,33,35-36,46H,4,10-11,20-27,31-32H2/b19-18+. The second-order valence-corrected chi connectivity index (χ2v) is 15.2. The van der Waals surface area contributed by atoms with E-state index in [1.807, 2.05) is 94.1 Å². The van der Waals surface area contributed by atoms with Crippen molar-refractivity contribution in [2.45, 2.75) is 58.0 Å². The second-order valence-electron chi connectivity index (χ2n) is 14.6. The normalized spacial score (nSPS) is 15.5. The third kappa shape index (κ3) is 10.2. The SMILES string of the molecule is O=C(/C=C/c1ccccc1)N(Cc1cccc(-c2cccc(C(=O)N3CCC(CCCC4CCNCC4)CC3)c2)c1)Cc1cccc(-c2csnn2)c1. The molecule has 5 aromatic rings. The van der Waals surface area contributed by atoms with E-state index in [4.69, 9.17) is 0 Å². The zero-order valence-electron chi connectivity index (χ0n) is 30.4. The summed E-state index contributed by atoms with van der Waals surface area (Å²) in [6, 6.07) is 34.3. The number of hydrogen-bond donors (Lipinski definition) is 1. The molecular weight excluding hydrogens is 675 g/mol. The van der Waals surface area contributed by atoms with Crippen LogP contribution in [0.5, 0.6) is 0 Å². The molecule has 0 bridgehead atoms. The summed E-state index contributed by atoms with van der Waals surface area (Å²) in [5.41, 5.74) is 7.57. The summed E-state index contributed by atoms with van der Waals surface area (Å²) in [5.74, 6) is 1.67. The van der Waals surface area contributed by atoms with Crippen molar-refractivity contribution in [2.24, 2.45) is 11.8 Å². The molecule has 7 rings (SSSR count). The predicted molar refractivity (Wildman–Crippen MR) is 215 cm³/mol. The molecule has 2 aliphatic heterocycles. The fourth-order valence-corrected chi connectivity index (χ4v) is 8.23. The van der Waals surface area contributed by atoms with Crippen molar-refractivity contribution >= 4 is 29.4 Å². The van der Waals surface area contributed by atoms with E-state index < -0.39 is 0 Å². The number of carbonyl (C=O) groups excluding carboxylic acids is 2. The van der Waals surface area contributed by atoms with Crippen LogP contribution in [0.15, 0.2) is 115 Å². The lowest BCUT2D eigenvalue weighted by molar-refractivity contribution is -0.127. The van der Waals surface area contributed by atoms with Gasteiger partial charge in [-0.2, -0.15) is 0 Å². The van der Waals surface area contributed by atoms with Gasteiger partial charge in [0.25, 0.3) is 5.91 Å². The first-order valence-electron chi connectivity index (χ1n) is 19.2. The lowest BCUT2D eigenvalue weighted by Gasteiger charge is -2.32. The largest absolute Gasteiger partial charge is 0.339 e. The van der Waals surface area contributed by atoms with Gasteiger partial charge in [-0.15, -0.1) is 5.10 Å². The van der Waals surface area contributed by atoms with Crippen LogP contribution in [0, 0.1) is 11.8 Å². The number of hydrogen-bond acceptors (Lipinski definition) is 6. The van der Waals surface area contributed by atoms with Gasteiger partial charge >= 0.3 is 0 Å². The monoisotopic (exact) mass is 723 g/mol. The Morgan fingerprint density at radius 2 is 1.40 bits per heavy atom. The zero-order chi connectivity index (χ0) is 36.2. The molecule has 53 heavy (non-hydrogen) atoms. The van der Waals surface area contributed by atoms with Crippen LogP contribution in [-0.4, -0.2) is 57.4 Å². The minimum Gasteiger partial charge on any atom is -0.339 e. The van der Waals surface area contributed by atoms with Gasteiger partial charge in [-0.1, -0.05) is 103 Å². The molecule has 1 N–H and O–H groups in total. The summed E-state index contributed by atoms with van der Waals surface area (Å²) < 4.78 is 4.02. The van der Waals surface area contributed by atoms with Crippen LogP contribution in [0.4, 0.5) is 0 Å². The number of aromatic nitrogens is 2. The van der Waals surface area contributed by atoms with E-state index in [2.05, 4.69) is 45.2 Å². The van der Waals surface area contributed by atoms with Crippen molar-refractivity contribution in [3.8, 4) is 22.4 Å². The number of piperidine rings is 2. The lowest BCUT2D eigenvalue weighted by Crippen LogP contribution is -2.38. The van der Waals surface area contributed by atoms with Gasteiger partial charge in [0.15, 0.2) is 0 Å². The number of nitrogens with one attached hydrogen (secondary N) is 1. The van der Waals surface area contributed by atoms with E-state index in [1.54, 1.807) is 6.08 Å². The summed E-state index contributed by atoms with van der Waals surface area (Å²) in [7, 11) is 0. The molecule has 0 aliphatic carbocycles. The van der Waals surface area contributed by atoms with Crippen LogP contribution in [0.3, 0.4) is 0 Å². The summed E-state index contributed by atoms with van der Waals surface area (Å²) in [4.78, 5) is 31.4. The van der Waals surface area contributed by atoms with Crippen LogP contribution in [-0.2, 0) is 17.9 Å². The smallest absolute Gasteiger partial charge is 0.253 e. The number of benzene rings is 4. The molecule has 0 atom stereocenters. The maximum absolute atomic E-state index is 13.8. The molecular formula is C45H49N5O2S. The van der Waals surface area contributed by atoms with E-state index in [0.717, 1.165) is 82.4 Å². The number of carbonyl (C=O) groups is 2. The minimum atomic E-state index is -0.0712. The highest BCUT2D eigenvalue weighted by Crippen LogP contribution is 2.28. The molecule has 0 radical (unpaired) electrons. The first-order valence-corrected chi connectivity index (χ1v) is 20.0. The van der Waals surface area contributed by atoms with Gasteiger partial charge in [0.1, 0.15) is 5.69 Å². The molecule has 0 unspecified atom stereocenters. The average Bonchev–Trinajstić information content (AvgIpc) is 3.77. The van der Waals surface area contributed by atoms with Crippen molar-refractivity contribution in [1.29, 1.82) is 0 Å². The molecule has 0 saturated carbocycles. The highest BCUT2D eigenvalue weighted by Gasteiger charge is 2.24. The number of rotatable bonds is 13. The van der Waals surface area contributed by atoms with E-state index in [-0.39, 0.29) is 11.8 Å². The van der Waals surface area contributed by atoms with Crippen molar-refractivity contribution in [3.63, 3.8) is 0 Å². The maximum Gasteiger partial charge on any atom is 0.253 e.